The summed E-state index contributed by atoms with van der Waals surface area (Å²) >= 11 is 0. The van der Waals surface area contributed by atoms with Crippen molar-refractivity contribution in [1.82, 2.24) is 0 Å². The monoisotopic (exact) mass is 242 g/mol. The van der Waals surface area contributed by atoms with Crippen molar-refractivity contribution < 1.29 is 23.8 Å². The number of methoxy groups -OCH3 is 1. The van der Waals surface area contributed by atoms with Crippen molar-refractivity contribution in [2.24, 2.45) is 0 Å². The lowest BCUT2D eigenvalue weighted by molar-refractivity contribution is -0.167. The van der Waals surface area contributed by atoms with Gasteiger partial charge in [-0.3, -0.25) is 0 Å². The molecule has 1 unspecified atom stereocenters. The molecule has 0 aliphatic heterocycles. The highest BCUT2D eigenvalue weighted by Gasteiger charge is 2.38. The van der Waals surface area contributed by atoms with Gasteiger partial charge in [0.05, 0.1) is 13.2 Å². The lowest BCUT2D eigenvalue weighted by Gasteiger charge is -2.26. The molecule has 0 saturated carbocycles. The quantitative estimate of drug-likeness (QED) is 0.773. The number of halogens is 1. The average Bonchev–Trinajstić information content (AvgIpc) is 2.29. The van der Waals surface area contributed by atoms with Gasteiger partial charge in [-0.2, -0.15) is 0 Å². The minimum absolute atomic E-state index is 0.00334. The highest BCUT2D eigenvalue weighted by atomic mass is 19.1. The van der Waals surface area contributed by atoms with Crippen LogP contribution in [0.25, 0.3) is 0 Å². The van der Waals surface area contributed by atoms with Crippen LogP contribution in [0.5, 0.6) is 0 Å². The molecule has 0 aliphatic carbocycles. The molecule has 0 aromatic heterocycles. The molecule has 0 fully saturated rings. The van der Waals surface area contributed by atoms with Gasteiger partial charge in [0.25, 0.3) is 0 Å². The van der Waals surface area contributed by atoms with Crippen molar-refractivity contribution in [2.75, 3.05) is 20.3 Å². The zero-order chi connectivity index (χ0) is 12.9. The second kappa shape index (κ2) is 5.75. The molecule has 17 heavy (non-hydrogen) atoms. The van der Waals surface area contributed by atoms with Crippen molar-refractivity contribution in [3.63, 3.8) is 0 Å². The third-order valence-electron chi connectivity index (χ3n) is 2.47. The first-order valence-electron chi connectivity index (χ1n) is 5.13. The fourth-order valence-corrected chi connectivity index (χ4v) is 1.43. The highest BCUT2D eigenvalue weighted by Crippen LogP contribution is 2.27. The zero-order valence-electron chi connectivity index (χ0n) is 9.77. The standard InChI is InChI=1S/C12H15FO4/c1-12(11(14)15,17-8-7-16-2)9-5-3-4-6-10(9)13/h3-6H,7-8H2,1-2H3,(H,14,15). The molecule has 1 aromatic rings. The van der Waals surface area contributed by atoms with E-state index in [2.05, 4.69) is 0 Å². The lowest BCUT2D eigenvalue weighted by atomic mass is 9.95. The summed E-state index contributed by atoms with van der Waals surface area (Å²) < 4.78 is 23.6. The third kappa shape index (κ3) is 3.01. The van der Waals surface area contributed by atoms with Gasteiger partial charge in [-0.1, -0.05) is 18.2 Å². The van der Waals surface area contributed by atoms with Crippen LogP contribution in [0.3, 0.4) is 0 Å². The van der Waals surface area contributed by atoms with Crippen LogP contribution in [0, 0.1) is 5.82 Å². The van der Waals surface area contributed by atoms with Gasteiger partial charge in [0.15, 0.2) is 5.60 Å². The molecule has 94 valence electrons. The summed E-state index contributed by atoms with van der Waals surface area (Å²) in [5.41, 5.74) is -1.70. The van der Waals surface area contributed by atoms with Gasteiger partial charge < -0.3 is 14.6 Å². The minimum atomic E-state index is -1.70. The Kier molecular flexibility index (Phi) is 4.60. The van der Waals surface area contributed by atoms with Crippen LogP contribution >= 0.6 is 0 Å². The van der Waals surface area contributed by atoms with Crippen LogP contribution in [0.2, 0.25) is 0 Å². The number of hydrogen-bond acceptors (Lipinski definition) is 3. The molecule has 5 heteroatoms. The second-order valence-corrected chi connectivity index (χ2v) is 3.66. The molecule has 1 atom stereocenters. The first kappa shape index (κ1) is 13.6. The number of rotatable bonds is 6. The number of hydrogen-bond donors (Lipinski definition) is 1. The summed E-state index contributed by atoms with van der Waals surface area (Å²) in [6.07, 6.45) is 0. The summed E-state index contributed by atoms with van der Waals surface area (Å²) in [7, 11) is 1.48. The minimum Gasteiger partial charge on any atom is -0.479 e. The molecular formula is C12H15FO4. The average molecular weight is 242 g/mol. The largest absolute Gasteiger partial charge is 0.479 e. The number of carboxylic acid groups (broad SMARTS) is 1. The summed E-state index contributed by atoms with van der Waals surface area (Å²) in [5.74, 6) is -1.84. The number of aliphatic carboxylic acids is 1. The van der Waals surface area contributed by atoms with Gasteiger partial charge >= 0.3 is 5.97 Å². The lowest BCUT2D eigenvalue weighted by Crippen LogP contribution is -2.37. The molecule has 1 N–H and O–H groups in total. The summed E-state index contributed by atoms with van der Waals surface area (Å²) in [6, 6.07) is 5.67. The number of ether oxygens (including phenoxy) is 2. The van der Waals surface area contributed by atoms with Crippen LogP contribution < -0.4 is 0 Å². The van der Waals surface area contributed by atoms with Crippen molar-refractivity contribution in [2.45, 2.75) is 12.5 Å². The molecule has 0 bridgehead atoms. The van der Waals surface area contributed by atoms with Gasteiger partial charge in [-0.25, -0.2) is 9.18 Å². The van der Waals surface area contributed by atoms with Gasteiger partial charge in [0.1, 0.15) is 5.82 Å². The molecule has 0 radical (unpaired) electrons. The first-order valence-corrected chi connectivity index (χ1v) is 5.13. The molecule has 1 aromatic carbocycles. The molecule has 0 spiro atoms. The van der Waals surface area contributed by atoms with Crippen LogP contribution in [0.1, 0.15) is 12.5 Å². The second-order valence-electron chi connectivity index (χ2n) is 3.66. The molecule has 1 rings (SSSR count). The zero-order valence-corrected chi connectivity index (χ0v) is 9.77. The van der Waals surface area contributed by atoms with Gasteiger partial charge in [-0.05, 0) is 13.0 Å². The Morgan fingerprint density at radius 1 is 1.41 bits per heavy atom. The molecule has 0 aliphatic rings. The SMILES string of the molecule is COCCOC(C)(C(=O)O)c1ccccc1F. The van der Waals surface area contributed by atoms with E-state index in [1.165, 1.54) is 32.2 Å². The van der Waals surface area contributed by atoms with Crippen LogP contribution in [-0.2, 0) is 19.9 Å². The van der Waals surface area contributed by atoms with E-state index in [1.54, 1.807) is 6.07 Å². The van der Waals surface area contributed by atoms with Gasteiger partial charge in [0.2, 0.25) is 0 Å². The van der Waals surface area contributed by atoms with Crippen molar-refractivity contribution in [1.29, 1.82) is 0 Å². The Labute approximate surface area is 99.0 Å². The smallest absolute Gasteiger partial charge is 0.340 e. The van der Waals surface area contributed by atoms with E-state index in [0.717, 1.165) is 0 Å². The summed E-state index contributed by atoms with van der Waals surface area (Å²) in [5, 5.41) is 9.18. The van der Waals surface area contributed by atoms with Crippen molar-refractivity contribution in [3.05, 3.63) is 35.6 Å². The molecule has 4 nitrogen and oxygen atoms in total. The van der Waals surface area contributed by atoms with E-state index >= 15 is 0 Å². The van der Waals surface area contributed by atoms with Crippen LogP contribution in [0.15, 0.2) is 24.3 Å². The van der Waals surface area contributed by atoms with E-state index in [9.17, 15) is 14.3 Å². The Morgan fingerprint density at radius 2 is 2.06 bits per heavy atom. The summed E-state index contributed by atoms with van der Waals surface area (Å²) in [4.78, 5) is 11.2. The molecule has 0 heterocycles. The highest BCUT2D eigenvalue weighted by molar-refractivity contribution is 5.79. The van der Waals surface area contributed by atoms with Gasteiger partial charge in [-0.15, -0.1) is 0 Å². The predicted octanol–water partition coefficient (Wildman–Crippen LogP) is 1.79. The van der Waals surface area contributed by atoms with E-state index < -0.39 is 17.4 Å². The van der Waals surface area contributed by atoms with Gasteiger partial charge in [0, 0.05) is 12.7 Å². The maximum atomic E-state index is 13.6. The predicted molar refractivity (Wildman–Crippen MR) is 59.2 cm³/mol. The van der Waals surface area contributed by atoms with E-state index in [1.807, 2.05) is 0 Å². The number of carbonyl (C=O) groups is 1. The fraction of sp³-hybridized carbons (Fsp3) is 0.417. The third-order valence-corrected chi connectivity index (χ3v) is 2.47. The number of benzene rings is 1. The normalized spacial score (nSPS) is 14.3. The van der Waals surface area contributed by atoms with E-state index in [-0.39, 0.29) is 18.8 Å². The van der Waals surface area contributed by atoms with Crippen LogP contribution in [0.4, 0.5) is 4.39 Å². The summed E-state index contributed by atoms with van der Waals surface area (Å²) in [6.45, 7) is 1.65. The van der Waals surface area contributed by atoms with Crippen molar-refractivity contribution in [3.8, 4) is 0 Å². The molecular weight excluding hydrogens is 227 g/mol. The van der Waals surface area contributed by atoms with Crippen molar-refractivity contribution >= 4 is 5.97 Å². The Bertz CT molecular complexity index is 394. The van der Waals surface area contributed by atoms with E-state index in [4.69, 9.17) is 9.47 Å². The topological polar surface area (TPSA) is 55.8 Å². The maximum Gasteiger partial charge on any atom is 0.340 e. The molecule has 0 saturated heterocycles. The fourth-order valence-electron chi connectivity index (χ4n) is 1.43. The van der Waals surface area contributed by atoms with Crippen LogP contribution in [-0.4, -0.2) is 31.4 Å². The molecule has 0 amide bonds. The Balaban J connectivity index is 2.99. The number of carboxylic acids is 1. The maximum absolute atomic E-state index is 13.6. The first-order chi connectivity index (χ1) is 8.02. The Hall–Kier alpha value is -1.46. The Morgan fingerprint density at radius 3 is 2.59 bits per heavy atom. The van der Waals surface area contributed by atoms with E-state index in [0.29, 0.717) is 0 Å².